The van der Waals surface area contributed by atoms with Crippen LogP contribution in [0.3, 0.4) is 0 Å². The third-order valence-electron chi connectivity index (χ3n) is 3.77. The van der Waals surface area contributed by atoms with E-state index in [0.717, 1.165) is 4.90 Å². The van der Waals surface area contributed by atoms with Crippen molar-refractivity contribution < 1.29 is 14.1 Å². The fourth-order valence-electron chi connectivity index (χ4n) is 2.16. The van der Waals surface area contributed by atoms with Gasteiger partial charge in [0.25, 0.3) is 0 Å². The number of rotatable bonds is 7. The predicted octanol–water partition coefficient (Wildman–Crippen LogP) is 3.18. The maximum atomic E-state index is 12.1. The Morgan fingerprint density at radius 3 is 2.60 bits per heavy atom. The Kier molecular flexibility index (Phi) is 6.64. The molecule has 0 atom stereocenters. The minimum atomic E-state index is -0.300. The molecule has 1 aromatic heterocycles. The average Bonchev–Trinajstić information content (AvgIpc) is 2.95. The van der Waals surface area contributed by atoms with E-state index in [1.807, 2.05) is 0 Å². The smallest absolute Gasteiger partial charge is 0.245 e. The number of aromatic nitrogens is 1. The molecule has 0 aliphatic rings. The van der Waals surface area contributed by atoms with Gasteiger partial charge in [-0.1, -0.05) is 11.2 Å². The molecule has 134 valence electrons. The van der Waals surface area contributed by atoms with Crippen LogP contribution in [0.1, 0.15) is 23.3 Å². The lowest BCUT2D eigenvalue weighted by atomic mass is 10.1. The highest BCUT2D eigenvalue weighted by Crippen LogP contribution is 2.21. The van der Waals surface area contributed by atoms with Crippen LogP contribution in [0.4, 0.5) is 5.82 Å². The van der Waals surface area contributed by atoms with Gasteiger partial charge in [-0.2, -0.15) is 0 Å². The molecule has 1 N–H and O–H groups in total. The highest BCUT2D eigenvalue weighted by atomic mass is 32.2. The van der Waals surface area contributed by atoms with E-state index in [2.05, 4.69) is 42.5 Å². The van der Waals surface area contributed by atoms with Gasteiger partial charge in [-0.3, -0.25) is 9.59 Å². The molecular formula is C18H23N3O3S. The van der Waals surface area contributed by atoms with E-state index in [1.54, 1.807) is 31.8 Å². The predicted molar refractivity (Wildman–Crippen MR) is 98.8 cm³/mol. The maximum Gasteiger partial charge on any atom is 0.245 e. The highest BCUT2D eigenvalue weighted by molar-refractivity contribution is 7.99. The van der Waals surface area contributed by atoms with Crippen molar-refractivity contribution in [2.45, 2.75) is 32.1 Å². The molecule has 1 heterocycles. The fraction of sp³-hybridized carbons (Fsp3) is 0.389. The number of hydrogen-bond acceptors (Lipinski definition) is 5. The first kappa shape index (κ1) is 19.1. The molecule has 0 bridgehead atoms. The van der Waals surface area contributed by atoms with Crippen molar-refractivity contribution in [3.63, 3.8) is 0 Å². The van der Waals surface area contributed by atoms with Gasteiger partial charge < -0.3 is 14.7 Å². The van der Waals surface area contributed by atoms with Crippen molar-refractivity contribution >= 4 is 29.4 Å². The number of thioether (sulfide) groups is 1. The third-order valence-corrected chi connectivity index (χ3v) is 4.76. The number of amides is 2. The van der Waals surface area contributed by atoms with E-state index < -0.39 is 0 Å². The molecular weight excluding hydrogens is 338 g/mol. The van der Waals surface area contributed by atoms with Crippen LogP contribution in [0.5, 0.6) is 0 Å². The molecule has 2 amide bonds. The summed E-state index contributed by atoms with van der Waals surface area (Å²) in [6.07, 6.45) is 0.379. The second-order valence-electron chi connectivity index (χ2n) is 5.97. The Bertz CT molecular complexity index is 758. The zero-order chi connectivity index (χ0) is 18.4. The van der Waals surface area contributed by atoms with Crippen molar-refractivity contribution in [3.8, 4) is 0 Å². The molecule has 0 saturated carbocycles. The molecule has 7 heteroatoms. The maximum absolute atomic E-state index is 12.1. The van der Waals surface area contributed by atoms with Crippen LogP contribution >= 0.6 is 11.8 Å². The van der Waals surface area contributed by atoms with Crippen molar-refractivity contribution in [1.29, 1.82) is 0 Å². The van der Waals surface area contributed by atoms with Gasteiger partial charge in [0.1, 0.15) is 5.76 Å². The van der Waals surface area contributed by atoms with Gasteiger partial charge in [0, 0.05) is 30.2 Å². The van der Waals surface area contributed by atoms with Gasteiger partial charge in [-0.05, 0) is 44.0 Å². The van der Waals surface area contributed by atoms with Crippen molar-refractivity contribution in [3.05, 3.63) is 41.2 Å². The Hall–Kier alpha value is -2.28. The van der Waals surface area contributed by atoms with E-state index >= 15 is 0 Å². The summed E-state index contributed by atoms with van der Waals surface area (Å²) in [6.45, 7) is 5.88. The SMILES string of the molecule is Cc1cc(NC(=O)CN(C)C(=O)CCSc2ccc(C)c(C)c2)no1. The number of aryl methyl sites for hydroxylation is 3. The molecule has 0 radical (unpaired) electrons. The van der Waals surface area contributed by atoms with Gasteiger partial charge in [0.2, 0.25) is 11.8 Å². The van der Waals surface area contributed by atoms with Crippen LogP contribution in [0.25, 0.3) is 0 Å². The van der Waals surface area contributed by atoms with Crippen LogP contribution in [-0.4, -0.2) is 41.2 Å². The molecule has 6 nitrogen and oxygen atoms in total. The summed E-state index contributed by atoms with van der Waals surface area (Å²) in [6, 6.07) is 7.90. The summed E-state index contributed by atoms with van der Waals surface area (Å²) in [5.41, 5.74) is 2.50. The summed E-state index contributed by atoms with van der Waals surface area (Å²) in [4.78, 5) is 26.6. The molecule has 2 aromatic rings. The molecule has 25 heavy (non-hydrogen) atoms. The first-order valence-corrected chi connectivity index (χ1v) is 9.01. The number of carbonyl (C=O) groups excluding carboxylic acids is 2. The van der Waals surface area contributed by atoms with E-state index in [4.69, 9.17) is 4.52 Å². The molecule has 0 saturated heterocycles. The van der Waals surface area contributed by atoms with Crippen LogP contribution in [0, 0.1) is 20.8 Å². The Morgan fingerprint density at radius 2 is 1.96 bits per heavy atom. The van der Waals surface area contributed by atoms with E-state index in [0.29, 0.717) is 23.8 Å². The van der Waals surface area contributed by atoms with Gasteiger partial charge in [-0.25, -0.2) is 0 Å². The van der Waals surface area contributed by atoms with Gasteiger partial charge in [-0.15, -0.1) is 11.8 Å². The molecule has 0 aliphatic carbocycles. The standard InChI is InChI=1S/C18H23N3O3S/c1-12-5-6-15(9-13(12)2)25-8-7-18(23)21(4)11-17(22)19-16-10-14(3)24-20-16/h5-6,9-10H,7-8,11H2,1-4H3,(H,19,20,22). The lowest BCUT2D eigenvalue weighted by Crippen LogP contribution is -2.35. The fourth-order valence-corrected chi connectivity index (χ4v) is 3.10. The van der Waals surface area contributed by atoms with Crippen molar-refractivity contribution in [2.24, 2.45) is 0 Å². The zero-order valence-corrected chi connectivity index (χ0v) is 15.8. The van der Waals surface area contributed by atoms with Crippen LogP contribution in [-0.2, 0) is 9.59 Å². The number of nitrogens with one attached hydrogen (secondary N) is 1. The van der Waals surface area contributed by atoms with E-state index in [9.17, 15) is 9.59 Å². The van der Waals surface area contributed by atoms with Crippen LogP contribution in [0.2, 0.25) is 0 Å². The summed E-state index contributed by atoms with van der Waals surface area (Å²) < 4.78 is 4.88. The summed E-state index contributed by atoms with van der Waals surface area (Å²) in [7, 11) is 1.62. The zero-order valence-electron chi connectivity index (χ0n) is 15.0. The first-order chi connectivity index (χ1) is 11.8. The Labute approximate surface area is 151 Å². The third kappa shape index (κ3) is 5.94. The lowest BCUT2D eigenvalue weighted by Gasteiger charge is -2.16. The summed E-state index contributed by atoms with van der Waals surface area (Å²) >= 11 is 1.64. The number of carbonyl (C=O) groups is 2. The molecule has 0 unspecified atom stereocenters. The monoisotopic (exact) mass is 361 g/mol. The highest BCUT2D eigenvalue weighted by Gasteiger charge is 2.14. The van der Waals surface area contributed by atoms with Crippen LogP contribution < -0.4 is 5.32 Å². The average molecular weight is 361 g/mol. The van der Waals surface area contributed by atoms with Gasteiger partial charge in [0.05, 0.1) is 6.54 Å². The number of nitrogens with zero attached hydrogens (tertiary/aromatic N) is 2. The van der Waals surface area contributed by atoms with Crippen molar-refractivity contribution in [2.75, 3.05) is 24.7 Å². The second-order valence-corrected chi connectivity index (χ2v) is 7.13. The second kappa shape index (κ2) is 8.71. The van der Waals surface area contributed by atoms with E-state index in [-0.39, 0.29) is 18.4 Å². The summed E-state index contributed by atoms with van der Waals surface area (Å²) in [5.74, 6) is 1.28. The lowest BCUT2D eigenvalue weighted by molar-refractivity contribution is -0.132. The minimum Gasteiger partial charge on any atom is -0.360 e. The quantitative estimate of drug-likeness (QED) is 0.767. The van der Waals surface area contributed by atoms with Gasteiger partial charge in [0.15, 0.2) is 5.82 Å². The summed E-state index contributed by atoms with van der Waals surface area (Å²) in [5, 5.41) is 6.29. The number of benzene rings is 1. The molecule has 1 aromatic carbocycles. The molecule has 0 spiro atoms. The normalized spacial score (nSPS) is 10.6. The van der Waals surface area contributed by atoms with Crippen molar-refractivity contribution in [1.82, 2.24) is 10.1 Å². The first-order valence-electron chi connectivity index (χ1n) is 8.02. The number of hydrogen-bond donors (Lipinski definition) is 1. The Morgan fingerprint density at radius 1 is 1.20 bits per heavy atom. The van der Waals surface area contributed by atoms with E-state index in [1.165, 1.54) is 16.0 Å². The largest absolute Gasteiger partial charge is 0.360 e. The van der Waals surface area contributed by atoms with Gasteiger partial charge >= 0.3 is 0 Å². The number of likely N-dealkylation sites (N-methyl/N-ethyl adjacent to an activating group) is 1. The topological polar surface area (TPSA) is 75.4 Å². The molecule has 0 aliphatic heterocycles. The molecule has 2 rings (SSSR count). The number of anilines is 1. The van der Waals surface area contributed by atoms with Crippen LogP contribution in [0.15, 0.2) is 33.7 Å². The minimum absolute atomic E-state index is 0.0148. The molecule has 0 fully saturated rings. The Balaban J connectivity index is 1.74.